The van der Waals surface area contributed by atoms with Crippen molar-refractivity contribution in [1.29, 1.82) is 0 Å². The second kappa shape index (κ2) is 53.2. The molecular formula is C114H149Br3N8O17Si2. The first-order valence-corrected chi connectivity index (χ1v) is 58.1. The van der Waals surface area contributed by atoms with Gasteiger partial charge in [0.25, 0.3) is 22.6 Å². The lowest BCUT2D eigenvalue weighted by Crippen LogP contribution is -2.45. The fraction of sp³-hybridized carbons (Fsp3) is 0.465. The average Bonchev–Trinajstić information content (AvgIpc) is 1.65. The molecule has 0 unspecified atom stereocenters. The zero-order valence-corrected chi connectivity index (χ0v) is 94.6. The summed E-state index contributed by atoms with van der Waals surface area (Å²) in [6, 6.07) is 63.2. The van der Waals surface area contributed by atoms with Crippen molar-refractivity contribution in [1.82, 2.24) is 40.1 Å². The predicted molar refractivity (Wildman–Crippen MR) is 584 cm³/mol. The van der Waals surface area contributed by atoms with Gasteiger partial charge in [-0.25, -0.2) is 29.3 Å². The molecule has 0 saturated heterocycles. The number of esters is 2. The molecule has 3 heterocycles. The minimum atomic E-state index is -2.00. The van der Waals surface area contributed by atoms with Gasteiger partial charge in [-0.3, -0.25) is 24.0 Å². The number of benzene rings is 7. The number of allylic oxidation sites excluding steroid dienone is 1. The molecule has 0 atom stereocenters. The zero-order valence-electron chi connectivity index (χ0n) is 87.9. The number of rotatable bonds is 36. The van der Waals surface area contributed by atoms with Gasteiger partial charge < -0.3 is 67.5 Å². The molecule has 10 aromatic rings. The number of ketones is 1. The zero-order chi connectivity index (χ0) is 106. The third kappa shape index (κ3) is 35.6. The number of nitrogens with zero attached hydrogens (tertiary/aromatic N) is 4. The van der Waals surface area contributed by atoms with Crippen LogP contribution in [0.2, 0.25) is 36.3 Å². The molecule has 144 heavy (non-hydrogen) atoms. The maximum Gasteiger partial charge on any atom is 0.361 e. The largest absolute Gasteiger partial charge is 0.485 e. The van der Waals surface area contributed by atoms with Gasteiger partial charge in [0, 0.05) is 87.6 Å². The number of carbonyl (C=O) groups excluding carboxylic acids is 4. The molecule has 3 aliphatic rings. The summed E-state index contributed by atoms with van der Waals surface area (Å²) in [7, 11) is -3.52. The Morgan fingerprint density at radius 1 is 0.444 bits per heavy atom. The summed E-state index contributed by atoms with van der Waals surface area (Å²) < 4.78 is 49.1. The average molecular weight is 2200 g/mol. The Kier molecular flexibility index (Phi) is 43.2. The van der Waals surface area contributed by atoms with Crippen LogP contribution in [-0.2, 0) is 94.6 Å². The van der Waals surface area contributed by atoms with Crippen LogP contribution >= 0.6 is 47.8 Å². The van der Waals surface area contributed by atoms with Crippen LogP contribution in [-0.4, -0.2) is 136 Å². The second-order valence-corrected chi connectivity index (χ2v) is 55.4. The predicted octanol–water partition coefficient (Wildman–Crippen LogP) is 25.0. The van der Waals surface area contributed by atoms with E-state index in [0.29, 0.717) is 61.0 Å². The number of aromatic carboxylic acids is 1. The standard InChI is InChI=1S/C35H48BrN3O4Si.C28H31BrN2O4.C24H23BrN2O4.C16H20O4.C11H27NOSi/c1-25(2)39(21-22-43-44(6,7)34(3,4)5)33(41)30-31(42-24-26-13-9-8-10-14-26)32(40)38-29(37-30)23-35(19-11-12-20-35)27-15-17-28(36)18-16-27;1-27(2,3)35-26(33)23-24(34-18-19-9-5-4-6-10-19)25(32)31-22(30-23)17-28(15-7-8-16-28)20-11-13-21(29)14-12-20;25-18-10-8-17(9-11-18)24(12-4-5-13-24)14-19-26-20(23(29)30)21(22(28)27-19)31-15-16-6-2-1-3-7-16;1-12(17)14(10-15(18)20-16(2,3)4)19-11-13-8-6-5-7-9-13;1-10(2)12-8-9-13-14(6,7)11(3,4)5/h8-10,13-18,25H,11-12,19-24H2,1-7H3,(H,37,38,40);4-6,9-14H,7-8,15-18H2,1-3H3,(H,30,31,32);1-3,6-11H,4-5,12-15H2,(H,29,30)(H,26,27,28);5-10H,11H2,1-4H3;10,12H,8-9H2,1-7H3/b;;;14-10-;. The van der Waals surface area contributed by atoms with Crippen LogP contribution in [0, 0.1) is 0 Å². The highest BCUT2D eigenvalue weighted by atomic mass is 79.9. The smallest absolute Gasteiger partial charge is 0.361 e. The third-order valence-electron chi connectivity index (χ3n) is 26.7. The topological polar surface area (TPSA) is 332 Å². The number of carboxylic acids is 1. The normalized spacial score (nSPS) is 14.5. The van der Waals surface area contributed by atoms with E-state index in [1.54, 1.807) is 46.4 Å². The minimum Gasteiger partial charge on any atom is -0.485 e. The summed E-state index contributed by atoms with van der Waals surface area (Å²) in [6.07, 6.45) is 15.2. The molecule has 3 aromatic heterocycles. The van der Waals surface area contributed by atoms with Crippen LogP contribution in [0.15, 0.2) is 234 Å². The quantitative estimate of drug-likeness (QED) is 0.00800. The summed E-state index contributed by atoms with van der Waals surface area (Å²) in [6.45, 7) is 45.9. The lowest BCUT2D eigenvalue weighted by atomic mass is 9.76. The van der Waals surface area contributed by atoms with Crippen LogP contribution in [0.25, 0.3) is 0 Å². The van der Waals surface area contributed by atoms with E-state index >= 15 is 0 Å². The van der Waals surface area contributed by atoms with Crippen molar-refractivity contribution in [2.45, 2.75) is 316 Å². The van der Waals surface area contributed by atoms with Crippen molar-refractivity contribution in [3.05, 3.63) is 324 Å². The Morgan fingerprint density at radius 3 is 1.07 bits per heavy atom. The molecule has 1 amide bonds. The first kappa shape index (κ1) is 117. The second-order valence-electron chi connectivity index (χ2n) is 43.0. The molecule has 30 heteroatoms. The van der Waals surface area contributed by atoms with Crippen molar-refractivity contribution < 1.29 is 66.4 Å². The van der Waals surface area contributed by atoms with Crippen LogP contribution in [0.3, 0.4) is 0 Å². The maximum absolute atomic E-state index is 14.3. The Morgan fingerprint density at radius 2 is 0.757 bits per heavy atom. The summed E-state index contributed by atoms with van der Waals surface area (Å²) in [5.41, 5.74) is 3.50. The van der Waals surface area contributed by atoms with Gasteiger partial charge in [-0.05, 0) is 206 Å². The lowest BCUT2D eigenvalue weighted by Gasteiger charge is -2.37. The highest BCUT2D eigenvalue weighted by Gasteiger charge is 2.43. The van der Waals surface area contributed by atoms with Gasteiger partial charge in [0.2, 0.25) is 17.2 Å². The van der Waals surface area contributed by atoms with Gasteiger partial charge in [-0.1, -0.05) is 299 Å². The molecule has 0 spiro atoms. The van der Waals surface area contributed by atoms with Crippen molar-refractivity contribution in [2.75, 3.05) is 26.3 Å². The molecule has 13 rings (SSSR count). The Bertz CT molecular complexity index is 6040. The van der Waals surface area contributed by atoms with E-state index in [2.05, 4.69) is 208 Å². The fourth-order valence-corrected chi connectivity index (χ4v) is 19.9. The molecule has 0 radical (unpaired) electrons. The maximum atomic E-state index is 14.3. The van der Waals surface area contributed by atoms with Crippen molar-refractivity contribution in [3.63, 3.8) is 0 Å². The molecule has 3 saturated carbocycles. The number of H-pyrrole nitrogens is 3. The summed E-state index contributed by atoms with van der Waals surface area (Å²) in [5, 5.41) is 13.4. The molecule has 3 fully saturated rings. The fourth-order valence-electron chi connectivity index (χ4n) is 17.0. The first-order chi connectivity index (χ1) is 67.8. The number of carboxylic acid groups (broad SMARTS) is 1. The Labute approximate surface area is 877 Å². The number of hydrogen-bond donors (Lipinski definition) is 5. The van der Waals surface area contributed by atoms with Crippen LogP contribution in [0.1, 0.15) is 283 Å². The number of aromatic nitrogens is 6. The number of nitrogens with one attached hydrogen (secondary N) is 4. The van der Waals surface area contributed by atoms with Crippen LogP contribution in [0.4, 0.5) is 0 Å². The molecule has 5 N–H and O–H groups in total. The summed E-state index contributed by atoms with van der Waals surface area (Å²) in [4.78, 5) is 126. The minimum absolute atomic E-state index is 0.00287. The number of Topliss-reactive ketones (excluding diaryl/α,β-unsaturated/α-hetero) is 1. The number of amides is 1. The van der Waals surface area contributed by atoms with E-state index in [-0.39, 0.29) is 106 Å². The number of carbonyl (C=O) groups is 5. The van der Waals surface area contributed by atoms with E-state index in [4.69, 9.17) is 42.3 Å². The highest BCUT2D eigenvalue weighted by Crippen LogP contribution is 2.48. The number of hydrogen-bond acceptors (Lipinski definition) is 20. The monoisotopic (exact) mass is 2190 g/mol. The summed E-state index contributed by atoms with van der Waals surface area (Å²) in [5.74, 6) is -2.23. The number of ether oxygens (including phenoxy) is 6. The summed E-state index contributed by atoms with van der Waals surface area (Å²) >= 11 is 10.5. The van der Waals surface area contributed by atoms with Gasteiger partial charge in [0.15, 0.2) is 45.3 Å². The molecular weight excluding hydrogens is 2050 g/mol. The number of aromatic amines is 3. The van der Waals surface area contributed by atoms with Gasteiger partial charge in [-0.2, -0.15) is 0 Å². The van der Waals surface area contributed by atoms with Crippen LogP contribution < -0.4 is 36.2 Å². The lowest BCUT2D eigenvalue weighted by molar-refractivity contribution is -0.149. The van der Waals surface area contributed by atoms with Crippen molar-refractivity contribution in [2.24, 2.45) is 0 Å². The molecule has 776 valence electrons. The van der Waals surface area contributed by atoms with Gasteiger partial charge in [0.05, 0.1) is 12.7 Å². The van der Waals surface area contributed by atoms with Crippen molar-refractivity contribution in [3.8, 4) is 17.2 Å². The van der Waals surface area contributed by atoms with Gasteiger partial charge in [-0.15, -0.1) is 0 Å². The highest BCUT2D eigenvalue weighted by molar-refractivity contribution is 9.11. The first-order valence-electron chi connectivity index (χ1n) is 49.9. The van der Waals surface area contributed by atoms with E-state index < -0.39 is 62.4 Å². The number of halogens is 3. The molecule has 3 aliphatic carbocycles. The Hall–Kier alpha value is -10.6. The van der Waals surface area contributed by atoms with E-state index in [0.717, 1.165) is 132 Å². The molecule has 0 bridgehead atoms. The van der Waals surface area contributed by atoms with Gasteiger partial charge in [0.1, 0.15) is 55.1 Å². The molecule has 25 nitrogen and oxygen atoms in total. The van der Waals surface area contributed by atoms with E-state index in [1.807, 2.05) is 159 Å². The third-order valence-corrected chi connectivity index (χ3v) is 37.3. The van der Waals surface area contributed by atoms with Gasteiger partial charge >= 0.3 is 17.9 Å². The Balaban J connectivity index is 0.000000210. The van der Waals surface area contributed by atoms with E-state index in [1.165, 1.54) is 23.6 Å². The molecule has 0 aliphatic heterocycles. The molecule has 7 aromatic carbocycles. The SMILES string of the molecule is CC(=O)/C(=C/C(=O)OC(C)(C)C)OCc1ccccc1.CC(C)(C)OC(=O)c1nc(CC2(c3ccc(Br)cc3)CCCC2)[nH]c(=O)c1OCc1ccccc1.CC(C)N(CCO[Si](C)(C)C(C)(C)C)C(=O)c1nc(CC2(c3ccc(Br)cc3)CCCC2)[nH]c(=O)c1OCc1ccccc1.CC(C)NCCO[Si](C)(C)C(C)(C)C.O=C(O)c1nc(CC2(c3ccc(Br)cc3)CCCC2)[nH]c(=O)c1OCc1ccccc1. The van der Waals surface area contributed by atoms with Crippen molar-refractivity contribution >= 4 is 94.0 Å². The van der Waals surface area contributed by atoms with Crippen LogP contribution in [0.5, 0.6) is 17.2 Å². The van der Waals surface area contributed by atoms with E-state index in [9.17, 15) is 43.5 Å².